The first kappa shape index (κ1) is 23.5. The minimum absolute atomic E-state index is 0.0100. The van der Waals surface area contributed by atoms with E-state index in [1.165, 1.54) is 37.1 Å². The lowest BCUT2D eigenvalue weighted by Gasteiger charge is -2.13. The molecule has 0 aliphatic heterocycles. The number of rotatable bonds is 5. The van der Waals surface area contributed by atoms with E-state index in [0.717, 1.165) is 11.6 Å². The van der Waals surface area contributed by atoms with E-state index in [4.69, 9.17) is 10.00 Å². The summed E-state index contributed by atoms with van der Waals surface area (Å²) in [5.74, 6) is -4.94. The van der Waals surface area contributed by atoms with Crippen molar-refractivity contribution in [3.05, 3.63) is 81.2 Å². The molecule has 0 aliphatic rings. The zero-order valence-corrected chi connectivity index (χ0v) is 18.7. The van der Waals surface area contributed by atoms with Crippen LogP contribution in [0.15, 0.2) is 41.5 Å². The van der Waals surface area contributed by atoms with Gasteiger partial charge < -0.3 is 4.74 Å². The zero-order chi connectivity index (χ0) is 25.4. The highest BCUT2D eigenvalue weighted by Gasteiger charge is 2.31. The van der Waals surface area contributed by atoms with Crippen molar-refractivity contribution in [1.82, 2.24) is 24.1 Å². The summed E-state index contributed by atoms with van der Waals surface area (Å²) in [5, 5.41) is 13.2. The molecule has 35 heavy (non-hydrogen) atoms. The van der Waals surface area contributed by atoms with Crippen molar-refractivity contribution in [1.29, 1.82) is 5.26 Å². The van der Waals surface area contributed by atoms with Crippen molar-refractivity contribution >= 4 is 5.97 Å². The fourth-order valence-electron chi connectivity index (χ4n) is 3.66. The zero-order valence-electron chi connectivity index (χ0n) is 18.7. The number of hydrogen-bond acceptors (Lipinski definition) is 6. The highest BCUT2D eigenvalue weighted by atomic mass is 19.2. The van der Waals surface area contributed by atoms with Gasteiger partial charge in [-0.3, -0.25) is 9.48 Å². The maximum atomic E-state index is 15.0. The number of nitrogens with zero attached hydrogens (tertiary/aromatic N) is 6. The fraction of sp³-hybridized carbons (Fsp3) is 0.174. The average molecular weight is 482 g/mol. The van der Waals surface area contributed by atoms with Crippen molar-refractivity contribution in [2.75, 3.05) is 6.61 Å². The molecule has 4 aromatic rings. The third-order valence-corrected chi connectivity index (χ3v) is 5.33. The minimum atomic E-state index is -1.39. The number of carbonyl (C=O) groups is 1. The molecule has 2 heterocycles. The molecule has 9 nitrogen and oxygen atoms in total. The largest absolute Gasteiger partial charge is 0.462 e. The van der Waals surface area contributed by atoms with Crippen LogP contribution in [0.2, 0.25) is 0 Å². The Hall–Kier alpha value is -4.66. The van der Waals surface area contributed by atoms with Crippen molar-refractivity contribution in [3.63, 3.8) is 0 Å². The molecule has 12 heteroatoms. The number of benzene rings is 2. The molecule has 0 atom stereocenters. The number of esters is 1. The van der Waals surface area contributed by atoms with Gasteiger partial charge in [0.05, 0.1) is 23.9 Å². The fourth-order valence-corrected chi connectivity index (χ4v) is 3.66. The van der Waals surface area contributed by atoms with Gasteiger partial charge in [-0.2, -0.15) is 10.4 Å². The van der Waals surface area contributed by atoms with Gasteiger partial charge in [0.2, 0.25) is 0 Å². The predicted octanol–water partition coefficient (Wildman–Crippen LogP) is 3.20. The lowest BCUT2D eigenvalue weighted by Crippen LogP contribution is -2.25. The van der Waals surface area contributed by atoms with Gasteiger partial charge in [-0.25, -0.2) is 32.3 Å². The summed E-state index contributed by atoms with van der Waals surface area (Å²) >= 11 is 0. The Kier molecular flexibility index (Phi) is 6.00. The quantitative estimate of drug-likeness (QED) is 0.319. The van der Waals surface area contributed by atoms with E-state index in [0.29, 0.717) is 22.0 Å². The number of ether oxygens (including phenoxy) is 1. The summed E-state index contributed by atoms with van der Waals surface area (Å²) in [4.78, 5) is 30.4. The summed E-state index contributed by atoms with van der Waals surface area (Å²) in [5.41, 5.74) is -2.02. The monoisotopic (exact) mass is 482 g/mol. The van der Waals surface area contributed by atoms with Crippen molar-refractivity contribution < 1.29 is 22.7 Å². The van der Waals surface area contributed by atoms with Gasteiger partial charge in [-0.15, -0.1) is 0 Å². The molecule has 0 radical (unpaired) electrons. The minimum Gasteiger partial charge on any atom is -0.462 e. The molecule has 0 saturated carbocycles. The number of carbonyl (C=O) groups excluding carboxylic acids is 1. The molecule has 2 aromatic heterocycles. The van der Waals surface area contributed by atoms with Crippen LogP contribution in [0.5, 0.6) is 0 Å². The SMILES string of the molecule is CCOC(=O)c1c(-c2ncnn2-c2ccc(C#N)cc2)n(C)n(-c2cc(F)c(F)c(C)c2F)c1=O. The van der Waals surface area contributed by atoms with Gasteiger partial charge in [-0.05, 0) is 38.1 Å². The number of hydrogen-bond donors (Lipinski definition) is 0. The Morgan fingerprint density at radius 3 is 2.49 bits per heavy atom. The van der Waals surface area contributed by atoms with E-state index in [1.54, 1.807) is 12.1 Å². The van der Waals surface area contributed by atoms with Crippen LogP contribution in [0.4, 0.5) is 13.2 Å². The first-order valence-electron chi connectivity index (χ1n) is 10.3. The lowest BCUT2D eigenvalue weighted by atomic mass is 10.2. The molecule has 0 saturated heterocycles. The van der Waals surface area contributed by atoms with Crippen molar-refractivity contribution in [2.45, 2.75) is 13.8 Å². The van der Waals surface area contributed by atoms with Crippen molar-refractivity contribution in [3.8, 4) is 29.0 Å². The van der Waals surface area contributed by atoms with Crippen LogP contribution in [-0.4, -0.2) is 36.7 Å². The van der Waals surface area contributed by atoms with E-state index in [2.05, 4.69) is 10.1 Å². The van der Waals surface area contributed by atoms with Crippen LogP contribution >= 0.6 is 0 Å². The topological polar surface area (TPSA) is 108 Å². The van der Waals surface area contributed by atoms with Gasteiger partial charge >= 0.3 is 5.97 Å². The molecule has 0 N–H and O–H groups in total. The first-order chi connectivity index (χ1) is 16.7. The second-order valence-electron chi connectivity index (χ2n) is 7.37. The normalized spacial score (nSPS) is 10.9. The van der Waals surface area contributed by atoms with E-state index < -0.39 is 45.8 Å². The highest BCUT2D eigenvalue weighted by molar-refractivity contribution is 5.95. The number of aromatic nitrogens is 5. The molecule has 2 aromatic carbocycles. The Labute approximate surface area is 196 Å². The second-order valence-corrected chi connectivity index (χ2v) is 7.37. The summed E-state index contributed by atoms with van der Waals surface area (Å²) in [6.07, 6.45) is 1.17. The van der Waals surface area contributed by atoms with Crippen molar-refractivity contribution in [2.24, 2.45) is 7.05 Å². The first-order valence-corrected chi connectivity index (χ1v) is 10.3. The molecule has 0 amide bonds. The molecule has 0 aliphatic carbocycles. The third kappa shape index (κ3) is 3.76. The maximum absolute atomic E-state index is 15.0. The van der Waals surface area contributed by atoms with Crippen LogP contribution in [0.1, 0.15) is 28.4 Å². The lowest BCUT2D eigenvalue weighted by molar-refractivity contribution is 0.0525. The second kappa shape index (κ2) is 8.94. The summed E-state index contributed by atoms with van der Waals surface area (Å²) in [7, 11) is 1.33. The molecular weight excluding hydrogens is 465 g/mol. The molecular formula is C23H17F3N6O3. The van der Waals surface area contributed by atoms with E-state index in [1.807, 2.05) is 6.07 Å². The van der Waals surface area contributed by atoms with Crippen LogP contribution in [-0.2, 0) is 11.8 Å². The Morgan fingerprint density at radius 2 is 1.86 bits per heavy atom. The Bertz CT molecular complexity index is 1560. The van der Waals surface area contributed by atoms with Crippen LogP contribution in [0, 0.1) is 35.7 Å². The predicted molar refractivity (Wildman–Crippen MR) is 117 cm³/mol. The van der Waals surface area contributed by atoms with E-state index in [9.17, 15) is 22.8 Å². The smallest absolute Gasteiger partial charge is 0.346 e. The third-order valence-electron chi connectivity index (χ3n) is 5.33. The summed E-state index contributed by atoms with van der Waals surface area (Å²) < 4.78 is 51.2. The number of nitriles is 1. The molecule has 4 rings (SSSR count). The van der Waals surface area contributed by atoms with Crippen LogP contribution in [0.3, 0.4) is 0 Å². The van der Waals surface area contributed by atoms with Gasteiger partial charge in [0.1, 0.15) is 17.7 Å². The highest BCUT2D eigenvalue weighted by Crippen LogP contribution is 2.27. The van der Waals surface area contributed by atoms with Gasteiger partial charge in [-0.1, -0.05) is 0 Å². The van der Waals surface area contributed by atoms with Gasteiger partial charge in [0.25, 0.3) is 5.56 Å². The van der Waals surface area contributed by atoms with Gasteiger partial charge in [0, 0.05) is 18.7 Å². The van der Waals surface area contributed by atoms with Gasteiger partial charge in [0.15, 0.2) is 28.8 Å². The molecule has 0 spiro atoms. The standard InChI is InChI=1S/C23H17F3N6O3/c1-4-35-23(34)17-20(21-28-11-29-31(21)14-7-5-13(10-27)6-8-14)30(3)32(22(17)33)16-9-15(24)18(25)12(2)19(16)26/h5-9,11H,4H2,1-3H3. The number of halogens is 3. The van der Waals surface area contributed by atoms with E-state index in [-0.39, 0.29) is 18.1 Å². The van der Waals surface area contributed by atoms with Crippen LogP contribution < -0.4 is 5.56 Å². The van der Waals surface area contributed by atoms with Crippen LogP contribution in [0.25, 0.3) is 22.9 Å². The Balaban J connectivity index is 2.04. The summed E-state index contributed by atoms with van der Waals surface area (Å²) in [6, 6.07) is 8.76. The Morgan fingerprint density at radius 1 is 1.17 bits per heavy atom. The molecule has 178 valence electrons. The van der Waals surface area contributed by atoms with E-state index >= 15 is 0 Å². The molecule has 0 unspecified atom stereocenters. The molecule has 0 bridgehead atoms. The average Bonchev–Trinajstić information content (AvgIpc) is 3.42. The molecule has 0 fully saturated rings. The summed E-state index contributed by atoms with van der Waals surface area (Å²) in [6.45, 7) is 2.50. The maximum Gasteiger partial charge on any atom is 0.346 e.